The Balaban J connectivity index is 1.86. The van der Waals surface area contributed by atoms with E-state index in [1.807, 2.05) is 24.3 Å². The third-order valence-electron chi connectivity index (χ3n) is 5.95. The van der Waals surface area contributed by atoms with Crippen LogP contribution in [0.25, 0.3) is 21.8 Å². The first kappa shape index (κ1) is 19.1. The summed E-state index contributed by atoms with van der Waals surface area (Å²) in [5.74, 6) is -0.247. The van der Waals surface area contributed by atoms with Gasteiger partial charge in [0.2, 0.25) is 0 Å². The molecule has 0 spiro atoms. The number of fused-ring (bicyclic) bond motifs is 2. The summed E-state index contributed by atoms with van der Waals surface area (Å²) >= 11 is 12.7. The molecule has 0 fully saturated rings. The zero-order valence-electron chi connectivity index (χ0n) is 16.6. The lowest BCUT2D eigenvalue weighted by molar-refractivity contribution is 0.467. The number of phenolic OH excluding ortho intramolecular Hbond substituents is 1. The maximum Gasteiger partial charge on any atom is 0.138 e. The summed E-state index contributed by atoms with van der Waals surface area (Å²) < 4.78 is 0. The molecule has 2 aromatic heterocycles. The molecule has 0 saturated heterocycles. The predicted octanol–water partition coefficient (Wildman–Crippen LogP) is 7.46. The molecule has 5 aromatic rings. The molecule has 0 bridgehead atoms. The van der Waals surface area contributed by atoms with Gasteiger partial charge < -0.3 is 15.1 Å². The Labute approximate surface area is 184 Å². The van der Waals surface area contributed by atoms with E-state index in [0.29, 0.717) is 10.6 Å². The van der Waals surface area contributed by atoms with Crippen molar-refractivity contribution >= 4 is 45.0 Å². The molecule has 0 radical (unpaired) electrons. The van der Waals surface area contributed by atoms with Crippen LogP contribution in [0.4, 0.5) is 0 Å². The van der Waals surface area contributed by atoms with Gasteiger partial charge in [-0.1, -0.05) is 59.6 Å². The standard InChI is InChI=1S/C25H20Cl2N2O/c1-13-16-7-3-5-9-20(16)28-23(13)22(18-11-15(26)12-19(27)25(18)30)24-14(2)17-8-4-6-10-21(17)29-24/h3-12,22,28-30H,1-2H3. The summed E-state index contributed by atoms with van der Waals surface area (Å²) in [6, 6.07) is 19.8. The lowest BCUT2D eigenvalue weighted by atomic mass is 9.87. The van der Waals surface area contributed by atoms with E-state index in [1.165, 1.54) is 0 Å². The highest BCUT2D eigenvalue weighted by atomic mass is 35.5. The van der Waals surface area contributed by atoms with Crippen LogP contribution >= 0.6 is 23.2 Å². The molecule has 0 unspecified atom stereocenters. The Hall–Kier alpha value is -2.88. The molecule has 3 aromatic carbocycles. The first-order valence-electron chi connectivity index (χ1n) is 9.78. The molecule has 30 heavy (non-hydrogen) atoms. The highest BCUT2D eigenvalue weighted by molar-refractivity contribution is 6.35. The Morgan fingerprint density at radius 1 is 0.767 bits per heavy atom. The number of rotatable bonds is 3. The van der Waals surface area contributed by atoms with E-state index in [2.05, 4.69) is 48.1 Å². The van der Waals surface area contributed by atoms with Gasteiger partial charge in [-0.3, -0.25) is 0 Å². The highest BCUT2D eigenvalue weighted by Gasteiger charge is 2.29. The van der Waals surface area contributed by atoms with Gasteiger partial charge in [0, 0.05) is 43.8 Å². The van der Waals surface area contributed by atoms with Crippen molar-refractivity contribution in [1.82, 2.24) is 9.97 Å². The number of hydrogen-bond donors (Lipinski definition) is 3. The first-order valence-corrected chi connectivity index (χ1v) is 10.5. The topological polar surface area (TPSA) is 51.8 Å². The second kappa shape index (κ2) is 7.12. The van der Waals surface area contributed by atoms with Gasteiger partial charge >= 0.3 is 0 Å². The Morgan fingerprint density at radius 3 is 1.77 bits per heavy atom. The molecule has 0 aliphatic heterocycles. The molecule has 0 saturated carbocycles. The zero-order chi connectivity index (χ0) is 21.0. The minimum atomic E-state index is -0.291. The quantitative estimate of drug-likeness (QED) is 0.271. The number of aromatic amines is 2. The molecule has 150 valence electrons. The van der Waals surface area contributed by atoms with Crippen molar-refractivity contribution in [1.29, 1.82) is 0 Å². The number of H-pyrrole nitrogens is 2. The number of nitrogens with one attached hydrogen (secondary N) is 2. The number of halogens is 2. The van der Waals surface area contributed by atoms with Gasteiger partial charge in [-0.25, -0.2) is 0 Å². The van der Waals surface area contributed by atoms with Crippen LogP contribution < -0.4 is 0 Å². The number of aromatic nitrogens is 2. The summed E-state index contributed by atoms with van der Waals surface area (Å²) in [5.41, 5.74) is 7.02. The lowest BCUT2D eigenvalue weighted by Crippen LogP contribution is -2.08. The van der Waals surface area contributed by atoms with Crippen LogP contribution in [0.3, 0.4) is 0 Å². The van der Waals surface area contributed by atoms with Crippen molar-refractivity contribution in [3.63, 3.8) is 0 Å². The highest BCUT2D eigenvalue weighted by Crippen LogP contribution is 2.45. The van der Waals surface area contributed by atoms with Crippen LogP contribution in [-0.2, 0) is 0 Å². The van der Waals surface area contributed by atoms with E-state index in [9.17, 15) is 5.11 Å². The average Bonchev–Trinajstić information content (AvgIpc) is 3.24. The summed E-state index contributed by atoms with van der Waals surface area (Å²) in [7, 11) is 0. The van der Waals surface area contributed by atoms with E-state index in [1.54, 1.807) is 12.1 Å². The molecule has 5 rings (SSSR count). The van der Waals surface area contributed by atoms with Crippen LogP contribution in [0.15, 0.2) is 60.7 Å². The number of aromatic hydroxyl groups is 1. The van der Waals surface area contributed by atoms with Gasteiger partial charge in [-0.15, -0.1) is 0 Å². The largest absolute Gasteiger partial charge is 0.506 e. The third-order valence-corrected chi connectivity index (χ3v) is 6.46. The Morgan fingerprint density at radius 2 is 1.27 bits per heavy atom. The van der Waals surface area contributed by atoms with Crippen molar-refractivity contribution < 1.29 is 5.11 Å². The fraction of sp³-hybridized carbons (Fsp3) is 0.120. The van der Waals surface area contributed by atoms with Crippen molar-refractivity contribution in [2.24, 2.45) is 0 Å². The monoisotopic (exact) mass is 434 g/mol. The van der Waals surface area contributed by atoms with E-state index < -0.39 is 0 Å². The van der Waals surface area contributed by atoms with E-state index in [0.717, 1.165) is 44.3 Å². The van der Waals surface area contributed by atoms with Crippen LogP contribution in [0, 0.1) is 13.8 Å². The van der Waals surface area contributed by atoms with Crippen LogP contribution in [0.2, 0.25) is 10.0 Å². The Bertz CT molecular complexity index is 1330. The van der Waals surface area contributed by atoms with E-state index in [4.69, 9.17) is 23.2 Å². The van der Waals surface area contributed by atoms with Crippen molar-refractivity contribution in [2.75, 3.05) is 0 Å². The van der Waals surface area contributed by atoms with Gasteiger partial charge in [0.25, 0.3) is 0 Å². The third kappa shape index (κ3) is 2.89. The summed E-state index contributed by atoms with van der Waals surface area (Å²) in [4.78, 5) is 7.16. The van der Waals surface area contributed by atoms with Crippen LogP contribution in [0.5, 0.6) is 5.75 Å². The summed E-state index contributed by atoms with van der Waals surface area (Å²) in [6.45, 7) is 4.20. The minimum absolute atomic E-state index is 0.0437. The maximum absolute atomic E-state index is 10.9. The predicted molar refractivity (Wildman–Crippen MR) is 125 cm³/mol. The number of benzene rings is 3. The second-order valence-corrected chi connectivity index (χ2v) is 8.52. The molecular formula is C25H20Cl2N2O. The van der Waals surface area contributed by atoms with Gasteiger partial charge in [-0.2, -0.15) is 0 Å². The smallest absolute Gasteiger partial charge is 0.138 e. The number of aryl methyl sites for hydroxylation is 2. The molecule has 3 N–H and O–H groups in total. The fourth-order valence-electron chi connectivity index (χ4n) is 4.44. The minimum Gasteiger partial charge on any atom is -0.506 e. The normalized spacial score (nSPS) is 11.8. The molecular weight excluding hydrogens is 415 g/mol. The van der Waals surface area contributed by atoms with Gasteiger partial charge in [0.15, 0.2) is 0 Å². The van der Waals surface area contributed by atoms with Crippen molar-refractivity contribution in [3.8, 4) is 5.75 Å². The zero-order valence-corrected chi connectivity index (χ0v) is 18.1. The molecule has 0 aliphatic carbocycles. The van der Waals surface area contributed by atoms with Gasteiger partial charge in [0.05, 0.1) is 10.9 Å². The fourth-order valence-corrected chi connectivity index (χ4v) is 4.95. The molecule has 0 aliphatic rings. The number of hydrogen-bond acceptors (Lipinski definition) is 1. The van der Waals surface area contributed by atoms with E-state index in [-0.39, 0.29) is 16.7 Å². The average molecular weight is 435 g/mol. The van der Waals surface area contributed by atoms with Crippen LogP contribution in [0.1, 0.15) is 34.0 Å². The van der Waals surface area contributed by atoms with Gasteiger partial charge in [-0.05, 0) is 49.2 Å². The van der Waals surface area contributed by atoms with Gasteiger partial charge in [0.1, 0.15) is 5.75 Å². The molecule has 3 nitrogen and oxygen atoms in total. The summed E-state index contributed by atoms with van der Waals surface area (Å²) in [6.07, 6.45) is 0. The summed E-state index contributed by atoms with van der Waals surface area (Å²) in [5, 5.41) is 14.0. The first-order chi connectivity index (χ1) is 14.5. The van der Waals surface area contributed by atoms with Crippen LogP contribution in [-0.4, -0.2) is 15.1 Å². The molecule has 5 heteroatoms. The number of phenols is 1. The molecule has 2 heterocycles. The van der Waals surface area contributed by atoms with E-state index >= 15 is 0 Å². The molecule has 0 atom stereocenters. The Kier molecular flexibility index (Phi) is 4.53. The van der Waals surface area contributed by atoms with Crippen molar-refractivity contribution in [3.05, 3.63) is 98.8 Å². The SMILES string of the molecule is Cc1c(C(c2cc(Cl)cc(Cl)c2O)c2[nH]c3ccccc3c2C)[nH]c2ccccc12. The lowest BCUT2D eigenvalue weighted by Gasteiger charge is -2.20. The van der Waals surface area contributed by atoms with Crippen molar-refractivity contribution in [2.45, 2.75) is 19.8 Å². The molecule has 0 amide bonds. The number of para-hydroxylation sites is 2. The second-order valence-electron chi connectivity index (χ2n) is 7.68. The maximum atomic E-state index is 10.9.